The summed E-state index contributed by atoms with van der Waals surface area (Å²) in [6, 6.07) is 12.5. The molecule has 3 rings (SSSR count). The van der Waals surface area contributed by atoms with Crippen molar-refractivity contribution in [3.05, 3.63) is 52.5 Å². The number of hydrogen-bond donors (Lipinski definition) is 1. The molecule has 3 aromatic rings. The number of benzene rings is 2. The van der Waals surface area contributed by atoms with E-state index in [1.807, 2.05) is 12.1 Å². The minimum atomic E-state index is 0.474. The first-order valence-corrected chi connectivity index (χ1v) is 6.51. The molecule has 100 valence electrons. The van der Waals surface area contributed by atoms with E-state index in [0.29, 0.717) is 27.2 Å². The number of hydrogen-bond acceptors (Lipinski definition) is 4. The topological polar surface area (TPSA) is 69.6 Å². The van der Waals surface area contributed by atoms with Gasteiger partial charge in [-0.25, -0.2) is 0 Å². The van der Waals surface area contributed by atoms with Crippen LogP contribution in [0.5, 0.6) is 0 Å². The van der Waals surface area contributed by atoms with Crippen LogP contribution < -0.4 is 5.73 Å². The Morgan fingerprint density at radius 2 is 1.60 bits per heavy atom. The van der Waals surface area contributed by atoms with Crippen LogP contribution in [0.2, 0.25) is 10.0 Å². The predicted molar refractivity (Wildman–Crippen MR) is 79.0 cm³/mol. The van der Waals surface area contributed by atoms with Gasteiger partial charge in [0.2, 0.25) is 0 Å². The molecule has 0 aliphatic carbocycles. The lowest BCUT2D eigenvalue weighted by Crippen LogP contribution is -2.01. The van der Waals surface area contributed by atoms with E-state index in [0.717, 1.165) is 5.56 Å². The number of halogens is 2. The second kappa shape index (κ2) is 5.11. The fourth-order valence-electron chi connectivity index (χ4n) is 1.84. The van der Waals surface area contributed by atoms with Crippen LogP contribution in [0.1, 0.15) is 0 Å². The third-order valence-corrected chi connectivity index (χ3v) is 3.40. The zero-order chi connectivity index (χ0) is 14.1. The van der Waals surface area contributed by atoms with Crippen molar-refractivity contribution >= 4 is 28.9 Å². The van der Waals surface area contributed by atoms with Crippen LogP contribution in [0.3, 0.4) is 0 Å². The Balaban J connectivity index is 2.18. The van der Waals surface area contributed by atoms with Gasteiger partial charge >= 0.3 is 0 Å². The maximum Gasteiger partial charge on any atom is 0.187 e. The number of aromatic nitrogens is 4. The molecule has 0 unspecified atom stereocenters. The molecule has 0 radical (unpaired) electrons. The Hall–Kier alpha value is -2.11. The average Bonchev–Trinajstić information content (AvgIpc) is 2.88. The van der Waals surface area contributed by atoms with Gasteiger partial charge in [0.05, 0.1) is 10.0 Å². The molecule has 5 nitrogen and oxygen atoms in total. The summed E-state index contributed by atoms with van der Waals surface area (Å²) in [7, 11) is 0. The Kier molecular flexibility index (Phi) is 3.30. The highest BCUT2D eigenvalue weighted by Gasteiger charge is 2.15. The van der Waals surface area contributed by atoms with Gasteiger partial charge in [0, 0.05) is 11.3 Å². The molecule has 0 amide bonds. The first-order chi connectivity index (χ1) is 9.66. The quantitative estimate of drug-likeness (QED) is 0.738. The average molecular weight is 306 g/mol. The lowest BCUT2D eigenvalue weighted by Gasteiger charge is -2.08. The van der Waals surface area contributed by atoms with Crippen LogP contribution in [0.15, 0.2) is 42.5 Å². The lowest BCUT2D eigenvalue weighted by atomic mass is 10.2. The highest BCUT2D eigenvalue weighted by Crippen LogP contribution is 2.30. The van der Waals surface area contributed by atoms with Crippen molar-refractivity contribution in [1.82, 2.24) is 20.2 Å². The van der Waals surface area contributed by atoms with Gasteiger partial charge in [-0.05, 0) is 46.8 Å². The first-order valence-electron chi connectivity index (χ1n) is 5.75. The van der Waals surface area contributed by atoms with Crippen molar-refractivity contribution in [3.63, 3.8) is 0 Å². The molecule has 7 heteroatoms. The summed E-state index contributed by atoms with van der Waals surface area (Å²) in [6.07, 6.45) is 0. The molecule has 0 atom stereocenters. The number of nitrogen functional groups attached to an aromatic ring is 1. The molecule has 2 N–H and O–H groups in total. The normalized spacial score (nSPS) is 10.7. The van der Waals surface area contributed by atoms with Gasteiger partial charge in [0.1, 0.15) is 5.69 Å². The number of anilines is 1. The van der Waals surface area contributed by atoms with Gasteiger partial charge in [0.25, 0.3) is 0 Å². The van der Waals surface area contributed by atoms with Crippen molar-refractivity contribution in [2.45, 2.75) is 0 Å². The Labute approximate surface area is 124 Å². The molecular weight excluding hydrogens is 297 g/mol. The van der Waals surface area contributed by atoms with Crippen molar-refractivity contribution in [2.24, 2.45) is 0 Å². The molecule has 0 aliphatic heterocycles. The summed E-state index contributed by atoms with van der Waals surface area (Å²) < 4.78 is 1.51. The lowest BCUT2D eigenvalue weighted by molar-refractivity contribution is 0.791. The van der Waals surface area contributed by atoms with Crippen LogP contribution in [-0.2, 0) is 0 Å². The molecule has 2 aromatic carbocycles. The number of nitrogens with zero attached hydrogens (tertiary/aromatic N) is 4. The molecule has 0 spiro atoms. The summed E-state index contributed by atoms with van der Waals surface area (Å²) in [5.74, 6) is 0.542. The van der Waals surface area contributed by atoms with E-state index in [4.69, 9.17) is 28.9 Å². The maximum atomic E-state index is 6.18. The highest BCUT2D eigenvalue weighted by atomic mass is 35.5. The second-order valence-corrected chi connectivity index (χ2v) is 4.92. The monoisotopic (exact) mass is 305 g/mol. The molecule has 0 fully saturated rings. The van der Waals surface area contributed by atoms with E-state index in [2.05, 4.69) is 15.5 Å². The molecule has 1 heterocycles. The van der Waals surface area contributed by atoms with E-state index in [1.54, 1.807) is 30.3 Å². The molecule has 20 heavy (non-hydrogen) atoms. The minimum absolute atomic E-state index is 0.474. The van der Waals surface area contributed by atoms with Crippen LogP contribution >= 0.6 is 23.2 Å². The Bertz CT molecular complexity index is 731. The predicted octanol–water partition coefficient (Wildman–Crippen LogP) is 3.22. The van der Waals surface area contributed by atoms with Crippen molar-refractivity contribution in [3.8, 4) is 17.1 Å². The standard InChI is InChI=1S/C13H9Cl2N5/c14-10-2-1-3-11(15)12(10)20-13(17-18-19-20)8-4-6-9(16)7-5-8/h1-7H,16H2. The van der Waals surface area contributed by atoms with Gasteiger partial charge in [-0.2, -0.15) is 4.68 Å². The van der Waals surface area contributed by atoms with Gasteiger partial charge < -0.3 is 5.73 Å². The summed E-state index contributed by atoms with van der Waals surface area (Å²) >= 11 is 12.4. The van der Waals surface area contributed by atoms with Gasteiger partial charge in [0.15, 0.2) is 5.82 Å². The smallest absolute Gasteiger partial charge is 0.187 e. The zero-order valence-corrected chi connectivity index (χ0v) is 11.7. The van der Waals surface area contributed by atoms with Crippen LogP contribution in [-0.4, -0.2) is 20.2 Å². The van der Waals surface area contributed by atoms with E-state index < -0.39 is 0 Å². The molecular formula is C13H9Cl2N5. The summed E-state index contributed by atoms with van der Waals surface area (Å²) in [6.45, 7) is 0. The SMILES string of the molecule is Nc1ccc(-c2nnnn2-c2c(Cl)cccc2Cl)cc1. The fourth-order valence-corrected chi connectivity index (χ4v) is 2.40. The van der Waals surface area contributed by atoms with Gasteiger partial charge in [-0.15, -0.1) is 5.10 Å². The second-order valence-electron chi connectivity index (χ2n) is 4.11. The van der Waals surface area contributed by atoms with Crippen LogP contribution in [0.25, 0.3) is 17.1 Å². The molecule has 0 aliphatic rings. The zero-order valence-electron chi connectivity index (χ0n) is 10.2. The fraction of sp³-hybridized carbons (Fsp3) is 0. The number of tetrazole rings is 1. The Morgan fingerprint density at radius 3 is 2.25 bits per heavy atom. The van der Waals surface area contributed by atoms with E-state index in [9.17, 15) is 0 Å². The molecule has 0 saturated carbocycles. The van der Waals surface area contributed by atoms with Gasteiger partial charge in [-0.1, -0.05) is 29.3 Å². The first kappa shape index (κ1) is 12.9. The van der Waals surface area contributed by atoms with Gasteiger partial charge in [-0.3, -0.25) is 0 Å². The van der Waals surface area contributed by atoms with E-state index in [-0.39, 0.29) is 0 Å². The maximum absolute atomic E-state index is 6.18. The number of rotatable bonds is 2. The summed E-state index contributed by atoms with van der Waals surface area (Å²) in [5, 5.41) is 12.6. The number of nitrogens with two attached hydrogens (primary N) is 1. The summed E-state index contributed by atoms with van der Waals surface area (Å²) in [4.78, 5) is 0. The van der Waals surface area contributed by atoms with E-state index >= 15 is 0 Å². The van der Waals surface area contributed by atoms with Crippen molar-refractivity contribution in [1.29, 1.82) is 0 Å². The third kappa shape index (κ3) is 2.21. The highest BCUT2D eigenvalue weighted by molar-refractivity contribution is 6.37. The summed E-state index contributed by atoms with van der Waals surface area (Å²) in [5.41, 5.74) is 7.72. The minimum Gasteiger partial charge on any atom is -0.399 e. The largest absolute Gasteiger partial charge is 0.399 e. The van der Waals surface area contributed by atoms with Crippen LogP contribution in [0.4, 0.5) is 5.69 Å². The van der Waals surface area contributed by atoms with Crippen molar-refractivity contribution < 1.29 is 0 Å². The third-order valence-electron chi connectivity index (χ3n) is 2.79. The van der Waals surface area contributed by atoms with Crippen LogP contribution in [0, 0.1) is 0 Å². The molecule has 1 aromatic heterocycles. The number of para-hydroxylation sites is 1. The van der Waals surface area contributed by atoms with E-state index in [1.165, 1.54) is 4.68 Å². The molecule has 0 bridgehead atoms. The molecule has 0 saturated heterocycles. The van der Waals surface area contributed by atoms with Crippen molar-refractivity contribution in [2.75, 3.05) is 5.73 Å². The Morgan fingerprint density at radius 1 is 0.950 bits per heavy atom.